The fourth-order valence-electron chi connectivity index (χ4n) is 4.87. The third-order valence-corrected chi connectivity index (χ3v) is 6.92. The Hall–Kier alpha value is -2.81. The van der Waals surface area contributed by atoms with Gasteiger partial charge in [0.25, 0.3) is 0 Å². The molecular formula is C24H30F2N6O. The molecule has 0 bridgehead atoms. The minimum absolute atomic E-state index is 0.180. The highest BCUT2D eigenvalue weighted by atomic mass is 19.1. The number of hydrogen-bond donors (Lipinski definition) is 2. The third-order valence-electron chi connectivity index (χ3n) is 6.92. The highest BCUT2D eigenvalue weighted by Crippen LogP contribution is 2.37. The van der Waals surface area contributed by atoms with Gasteiger partial charge in [0.05, 0.1) is 18.5 Å². The lowest BCUT2D eigenvalue weighted by Crippen LogP contribution is -2.36. The molecule has 1 aliphatic carbocycles. The second kappa shape index (κ2) is 9.21. The van der Waals surface area contributed by atoms with Gasteiger partial charge in [-0.2, -0.15) is 4.98 Å². The molecule has 1 saturated heterocycles. The van der Waals surface area contributed by atoms with Gasteiger partial charge in [-0.3, -0.25) is 4.57 Å². The molecule has 2 aromatic heterocycles. The average molecular weight is 457 g/mol. The molecule has 2 aliphatic rings. The van der Waals surface area contributed by atoms with Crippen molar-refractivity contribution in [1.82, 2.24) is 19.5 Å². The van der Waals surface area contributed by atoms with Crippen molar-refractivity contribution < 1.29 is 13.5 Å². The number of halogens is 2. The summed E-state index contributed by atoms with van der Waals surface area (Å²) in [6.07, 6.45) is 6.84. The van der Waals surface area contributed by atoms with Crippen molar-refractivity contribution in [2.24, 2.45) is 11.8 Å². The highest BCUT2D eigenvalue weighted by molar-refractivity contribution is 5.76. The van der Waals surface area contributed by atoms with Gasteiger partial charge in [-0.05, 0) is 56.1 Å². The highest BCUT2D eigenvalue weighted by Gasteiger charge is 2.27. The van der Waals surface area contributed by atoms with Crippen molar-refractivity contribution in [3.63, 3.8) is 0 Å². The largest absolute Gasteiger partial charge is 0.381 e. The minimum Gasteiger partial charge on any atom is -0.381 e. The number of anilines is 3. The number of benzene rings is 1. The van der Waals surface area contributed by atoms with Crippen LogP contribution in [0, 0.1) is 23.5 Å². The summed E-state index contributed by atoms with van der Waals surface area (Å²) in [5.74, 6) is 0.835. The Morgan fingerprint density at radius 1 is 1.06 bits per heavy atom. The molecule has 5 rings (SSSR count). The van der Waals surface area contributed by atoms with Crippen LogP contribution in [0.2, 0.25) is 0 Å². The smallest absolute Gasteiger partial charge is 0.224 e. The predicted molar refractivity (Wildman–Crippen MR) is 124 cm³/mol. The van der Waals surface area contributed by atoms with Crippen molar-refractivity contribution in [2.45, 2.75) is 58.0 Å². The molecular weight excluding hydrogens is 426 g/mol. The summed E-state index contributed by atoms with van der Waals surface area (Å²) in [6.45, 7) is 5.87. The van der Waals surface area contributed by atoms with E-state index in [-0.39, 0.29) is 17.8 Å². The molecule has 3 heterocycles. The van der Waals surface area contributed by atoms with Gasteiger partial charge in [-0.25, -0.2) is 18.7 Å². The minimum atomic E-state index is -0.659. The Balaban J connectivity index is 1.52. The van der Waals surface area contributed by atoms with E-state index in [9.17, 15) is 8.78 Å². The van der Waals surface area contributed by atoms with E-state index in [4.69, 9.17) is 9.72 Å². The van der Waals surface area contributed by atoms with Crippen LogP contribution in [-0.4, -0.2) is 38.8 Å². The van der Waals surface area contributed by atoms with Crippen molar-refractivity contribution >= 4 is 28.7 Å². The van der Waals surface area contributed by atoms with Gasteiger partial charge >= 0.3 is 0 Å². The Morgan fingerprint density at radius 3 is 2.64 bits per heavy atom. The van der Waals surface area contributed by atoms with Gasteiger partial charge in [-0.1, -0.05) is 13.8 Å². The summed E-state index contributed by atoms with van der Waals surface area (Å²) in [6, 6.07) is 3.94. The molecule has 1 aromatic carbocycles. The normalized spacial score (nSPS) is 25.8. The molecule has 1 aliphatic heterocycles. The number of nitrogens with one attached hydrogen (secondary N) is 2. The van der Waals surface area contributed by atoms with Gasteiger partial charge in [0.2, 0.25) is 11.9 Å². The fourth-order valence-corrected chi connectivity index (χ4v) is 4.87. The fraction of sp³-hybridized carbons (Fsp3) is 0.542. The quantitative estimate of drug-likeness (QED) is 0.533. The second-order valence-corrected chi connectivity index (χ2v) is 9.46. The zero-order chi connectivity index (χ0) is 22.9. The van der Waals surface area contributed by atoms with Crippen molar-refractivity contribution in [2.75, 3.05) is 23.8 Å². The van der Waals surface area contributed by atoms with Crippen LogP contribution in [0.4, 0.5) is 26.4 Å². The summed E-state index contributed by atoms with van der Waals surface area (Å²) >= 11 is 0. The van der Waals surface area contributed by atoms with E-state index >= 15 is 0 Å². The van der Waals surface area contributed by atoms with E-state index in [0.29, 0.717) is 29.2 Å². The molecule has 1 saturated carbocycles. The first kappa shape index (κ1) is 22.0. The molecule has 2 fully saturated rings. The van der Waals surface area contributed by atoms with Crippen molar-refractivity contribution in [3.05, 3.63) is 36.0 Å². The summed E-state index contributed by atoms with van der Waals surface area (Å²) in [4.78, 5) is 14.0. The lowest BCUT2D eigenvalue weighted by molar-refractivity contribution is 0.0536. The molecule has 9 heteroatoms. The van der Waals surface area contributed by atoms with Crippen LogP contribution in [0.25, 0.3) is 11.2 Å². The van der Waals surface area contributed by atoms with Crippen LogP contribution in [0.5, 0.6) is 0 Å². The third kappa shape index (κ3) is 4.64. The van der Waals surface area contributed by atoms with Gasteiger partial charge in [0.15, 0.2) is 5.65 Å². The van der Waals surface area contributed by atoms with Crippen LogP contribution < -0.4 is 10.6 Å². The van der Waals surface area contributed by atoms with Crippen molar-refractivity contribution in [1.29, 1.82) is 0 Å². The van der Waals surface area contributed by atoms with Crippen LogP contribution in [0.1, 0.15) is 52.0 Å². The maximum absolute atomic E-state index is 14.4. The topological polar surface area (TPSA) is 76.9 Å². The van der Waals surface area contributed by atoms with Gasteiger partial charge in [0.1, 0.15) is 17.2 Å². The summed E-state index contributed by atoms with van der Waals surface area (Å²) in [7, 11) is 0. The molecule has 7 nitrogen and oxygen atoms in total. The molecule has 2 N–H and O–H groups in total. The summed E-state index contributed by atoms with van der Waals surface area (Å²) in [5, 5.41) is 6.55. The zero-order valence-electron chi connectivity index (χ0n) is 19.0. The van der Waals surface area contributed by atoms with Crippen LogP contribution in [0.3, 0.4) is 0 Å². The number of fused-ring (bicyclic) bond motifs is 1. The SMILES string of the molecule is CC1COCCC1Nc1ncc2nc(Nc3ccc(F)cc3F)n([C@H]3CC[C@@H](C)CC3)c2n1. The van der Waals surface area contributed by atoms with Gasteiger partial charge in [0, 0.05) is 24.8 Å². The van der Waals surface area contributed by atoms with Gasteiger partial charge in [-0.15, -0.1) is 0 Å². The van der Waals surface area contributed by atoms with Crippen LogP contribution in [-0.2, 0) is 4.74 Å². The maximum Gasteiger partial charge on any atom is 0.224 e. The summed E-state index contributed by atoms with van der Waals surface area (Å²) < 4.78 is 35.4. The average Bonchev–Trinajstić information content (AvgIpc) is 3.15. The first-order chi connectivity index (χ1) is 16.0. The van der Waals surface area contributed by atoms with E-state index in [1.807, 2.05) is 0 Å². The lowest BCUT2D eigenvalue weighted by atomic mass is 9.87. The van der Waals surface area contributed by atoms with E-state index in [1.165, 1.54) is 12.1 Å². The molecule has 2 unspecified atom stereocenters. The number of imidazole rings is 1. The number of hydrogen-bond acceptors (Lipinski definition) is 6. The van der Waals surface area contributed by atoms with Gasteiger partial charge < -0.3 is 15.4 Å². The molecule has 0 spiro atoms. The Labute approximate surface area is 192 Å². The van der Waals surface area contributed by atoms with E-state index in [1.54, 1.807) is 6.20 Å². The first-order valence-corrected chi connectivity index (χ1v) is 11.8. The Kier molecular flexibility index (Phi) is 6.14. The summed E-state index contributed by atoms with van der Waals surface area (Å²) in [5.41, 5.74) is 1.54. The Bertz CT molecular complexity index is 1130. The van der Waals surface area contributed by atoms with Crippen LogP contribution in [0.15, 0.2) is 24.4 Å². The van der Waals surface area contributed by atoms with E-state index in [0.717, 1.165) is 57.0 Å². The molecule has 0 amide bonds. The maximum atomic E-state index is 14.4. The second-order valence-electron chi connectivity index (χ2n) is 9.46. The number of nitrogens with zero attached hydrogens (tertiary/aromatic N) is 4. The van der Waals surface area contributed by atoms with E-state index < -0.39 is 11.6 Å². The molecule has 3 aromatic rings. The lowest BCUT2D eigenvalue weighted by Gasteiger charge is -2.30. The molecule has 33 heavy (non-hydrogen) atoms. The number of aromatic nitrogens is 4. The zero-order valence-corrected chi connectivity index (χ0v) is 19.0. The molecule has 176 valence electrons. The Morgan fingerprint density at radius 2 is 1.88 bits per heavy atom. The molecule has 2 atom stereocenters. The van der Waals surface area contributed by atoms with E-state index in [2.05, 4.69) is 39.0 Å². The predicted octanol–water partition coefficient (Wildman–Crippen LogP) is 5.44. The number of ether oxygens (including phenoxy) is 1. The van der Waals surface area contributed by atoms with Crippen LogP contribution >= 0.6 is 0 Å². The van der Waals surface area contributed by atoms with Crippen molar-refractivity contribution in [3.8, 4) is 0 Å². The monoisotopic (exact) mass is 456 g/mol. The molecule has 0 radical (unpaired) electrons. The number of rotatable bonds is 5. The first-order valence-electron chi connectivity index (χ1n) is 11.8. The standard InChI is InChI=1S/C24H30F2N6O/c1-14-3-6-17(7-4-14)32-22-21(30-24(32)29-20-8-5-16(25)11-18(20)26)12-27-23(31-22)28-19-9-10-33-13-15(19)2/h5,8,11-12,14-15,17,19H,3-4,6-7,9-10,13H2,1-2H3,(H,29,30)(H,27,28,31)/t14-,15?,17+,19?.